The van der Waals surface area contributed by atoms with Crippen molar-refractivity contribution in [2.24, 2.45) is 11.3 Å². The molecule has 6 heteroatoms. The number of hydrogen-bond donors (Lipinski definition) is 3. The summed E-state index contributed by atoms with van der Waals surface area (Å²) in [6, 6.07) is -1.02. The average molecular weight is 301 g/mol. The van der Waals surface area contributed by atoms with E-state index in [9.17, 15) is 14.4 Å². The fraction of sp³-hybridized carbons (Fsp3) is 0.800. The second-order valence-electron chi connectivity index (χ2n) is 6.82. The third-order valence-electron chi connectivity index (χ3n) is 3.01. The van der Waals surface area contributed by atoms with Crippen molar-refractivity contribution in [3.05, 3.63) is 0 Å². The molecule has 0 aromatic carbocycles. The van der Waals surface area contributed by atoms with E-state index in [0.29, 0.717) is 0 Å². The maximum Gasteiger partial charge on any atom is 0.326 e. The van der Waals surface area contributed by atoms with Crippen molar-refractivity contribution in [2.75, 3.05) is 0 Å². The van der Waals surface area contributed by atoms with Gasteiger partial charge in [-0.15, -0.1) is 0 Å². The van der Waals surface area contributed by atoms with Gasteiger partial charge < -0.3 is 15.5 Å². The van der Waals surface area contributed by atoms with E-state index < -0.39 is 18.0 Å². The van der Waals surface area contributed by atoms with E-state index >= 15 is 0 Å². The van der Waals surface area contributed by atoms with Crippen LogP contribution in [0.2, 0.25) is 0 Å². The summed E-state index contributed by atoms with van der Waals surface area (Å²) in [7, 11) is 0. The molecule has 0 rings (SSSR count). The molecule has 2 atom stereocenters. The van der Waals surface area contributed by atoms with Crippen LogP contribution >= 0.6 is 0 Å². The van der Waals surface area contributed by atoms with E-state index in [1.807, 2.05) is 6.92 Å². The number of carbonyl (C=O) groups excluding carboxylic acids is 1. The number of nitrogens with one attached hydrogen (secondary N) is 1. The van der Waals surface area contributed by atoms with Crippen LogP contribution in [0, 0.1) is 11.3 Å². The molecule has 0 heterocycles. The summed E-state index contributed by atoms with van der Waals surface area (Å²) in [5.74, 6) is -2.23. The number of amides is 1. The molecule has 3 N–H and O–H groups in total. The monoisotopic (exact) mass is 301 g/mol. The van der Waals surface area contributed by atoms with Gasteiger partial charge in [0.1, 0.15) is 6.04 Å². The predicted octanol–water partition coefficient (Wildman–Crippen LogP) is 2.27. The molecule has 0 aromatic heterocycles. The number of aliphatic carboxylic acids is 2. The Morgan fingerprint density at radius 1 is 1.14 bits per heavy atom. The highest BCUT2D eigenvalue weighted by Crippen LogP contribution is 2.25. The molecular formula is C15H27NO5. The third kappa shape index (κ3) is 10.8. The van der Waals surface area contributed by atoms with Crippen molar-refractivity contribution in [3.8, 4) is 0 Å². The van der Waals surface area contributed by atoms with Gasteiger partial charge in [-0.3, -0.25) is 9.59 Å². The van der Waals surface area contributed by atoms with Crippen LogP contribution in [-0.2, 0) is 14.4 Å². The molecule has 0 aliphatic heterocycles. The highest BCUT2D eigenvalue weighted by molar-refractivity contribution is 5.83. The molecule has 0 saturated carbocycles. The topological polar surface area (TPSA) is 104 Å². The molecule has 21 heavy (non-hydrogen) atoms. The van der Waals surface area contributed by atoms with E-state index in [1.54, 1.807) is 0 Å². The normalized spacial score (nSPS) is 14.3. The van der Waals surface area contributed by atoms with Gasteiger partial charge in [-0.2, -0.15) is 0 Å². The molecule has 6 nitrogen and oxygen atoms in total. The third-order valence-corrected chi connectivity index (χ3v) is 3.01. The van der Waals surface area contributed by atoms with Crippen LogP contribution in [-0.4, -0.2) is 34.1 Å². The van der Waals surface area contributed by atoms with Gasteiger partial charge in [0, 0.05) is 12.8 Å². The van der Waals surface area contributed by atoms with E-state index in [1.165, 1.54) is 0 Å². The molecule has 0 aromatic rings. The molecule has 0 aliphatic carbocycles. The largest absolute Gasteiger partial charge is 0.481 e. The standard InChI is InChI=1S/C15H27NO5/c1-10(9-15(2,3)4)8-12(17)16-11(14(20)21)6-5-7-13(18)19/h10-11H,5-9H2,1-4H3,(H,16,17)(H,18,19)(H,20,21)/t10?,11-/m1/s1. The smallest absolute Gasteiger partial charge is 0.326 e. The first-order valence-corrected chi connectivity index (χ1v) is 7.25. The Balaban J connectivity index is 4.28. The van der Waals surface area contributed by atoms with Crippen LogP contribution in [0.1, 0.15) is 59.8 Å². The molecule has 0 bridgehead atoms. The van der Waals surface area contributed by atoms with Crippen LogP contribution in [0.15, 0.2) is 0 Å². The maximum atomic E-state index is 11.9. The second kappa shape index (κ2) is 8.64. The van der Waals surface area contributed by atoms with E-state index in [4.69, 9.17) is 10.2 Å². The minimum absolute atomic E-state index is 0.0971. The lowest BCUT2D eigenvalue weighted by atomic mass is 9.84. The van der Waals surface area contributed by atoms with Crippen molar-refractivity contribution in [3.63, 3.8) is 0 Å². The first-order valence-electron chi connectivity index (χ1n) is 7.25. The van der Waals surface area contributed by atoms with Crippen molar-refractivity contribution in [2.45, 2.75) is 65.8 Å². The Morgan fingerprint density at radius 3 is 2.14 bits per heavy atom. The van der Waals surface area contributed by atoms with Gasteiger partial charge in [0.25, 0.3) is 0 Å². The summed E-state index contributed by atoms with van der Waals surface area (Å²) >= 11 is 0. The van der Waals surface area contributed by atoms with Crippen molar-refractivity contribution in [1.82, 2.24) is 5.32 Å². The average Bonchev–Trinajstić information content (AvgIpc) is 2.23. The molecule has 0 spiro atoms. The van der Waals surface area contributed by atoms with Gasteiger partial charge in [-0.25, -0.2) is 4.79 Å². The van der Waals surface area contributed by atoms with Crippen molar-refractivity contribution < 1.29 is 24.6 Å². The molecule has 0 radical (unpaired) electrons. The van der Waals surface area contributed by atoms with Crippen LogP contribution in [0.4, 0.5) is 0 Å². The Bertz CT molecular complexity index is 373. The second-order valence-corrected chi connectivity index (χ2v) is 6.82. The Kier molecular flexibility index (Phi) is 7.99. The van der Waals surface area contributed by atoms with Gasteiger partial charge >= 0.3 is 11.9 Å². The summed E-state index contributed by atoms with van der Waals surface area (Å²) in [6.45, 7) is 8.24. The van der Waals surface area contributed by atoms with Gasteiger partial charge in [0.2, 0.25) is 5.91 Å². The van der Waals surface area contributed by atoms with E-state index in [-0.39, 0.29) is 42.9 Å². The molecule has 1 amide bonds. The van der Waals surface area contributed by atoms with Crippen LogP contribution < -0.4 is 5.32 Å². The zero-order valence-corrected chi connectivity index (χ0v) is 13.3. The summed E-state index contributed by atoms with van der Waals surface area (Å²) in [4.78, 5) is 33.3. The Morgan fingerprint density at radius 2 is 1.71 bits per heavy atom. The van der Waals surface area contributed by atoms with Crippen LogP contribution in [0.25, 0.3) is 0 Å². The molecular weight excluding hydrogens is 274 g/mol. The highest BCUT2D eigenvalue weighted by Gasteiger charge is 2.22. The number of rotatable bonds is 9. The Hall–Kier alpha value is -1.59. The SMILES string of the molecule is CC(CC(=O)N[C@H](CCCC(=O)O)C(=O)O)CC(C)(C)C. The maximum absolute atomic E-state index is 11.9. The minimum Gasteiger partial charge on any atom is -0.481 e. The first kappa shape index (κ1) is 19.4. The molecule has 0 aliphatic rings. The van der Waals surface area contributed by atoms with Crippen molar-refractivity contribution in [1.29, 1.82) is 0 Å². The predicted molar refractivity (Wildman–Crippen MR) is 78.9 cm³/mol. The summed E-state index contributed by atoms with van der Waals surface area (Å²) in [5, 5.41) is 20.1. The Labute approximate surface area is 125 Å². The van der Waals surface area contributed by atoms with Gasteiger partial charge in [-0.05, 0) is 30.6 Å². The lowest BCUT2D eigenvalue weighted by Crippen LogP contribution is -2.41. The molecule has 0 saturated heterocycles. The summed E-state index contributed by atoms with van der Waals surface area (Å²) < 4.78 is 0. The lowest BCUT2D eigenvalue weighted by molar-refractivity contribution is -0.142. The summed E-state index contributed by atoms with van der Waals surface area (Å²) in [6.07, 6.45) is 1.41. The fourth-order valence-electron chi connectivity index (χ4n) is 2.40. The van der Waals surface area contributed by atoms with Crippen LogP contribution in [0.3, 0.4) is 0 Å². The molecule has 0 fully saturated rings. The van der Waals surface area contributed by atoms with Gasteiger partial charge in [-0.1, -0.05) is 27.7 Å². The highest BCUT2D eigenvalue weighted by atomic mass is 16.4. The quantitative estimate of drug-likeness (QED) is 0.606. The molecule has 1 unspecified atom stereocenters. The van der Waals surface area contributed by atoms with E-state index in [0.717, 1.165) is 6.42 Å². The van der Waals surface area contributed by atoms with Gasteiger partial charge in [0.15, 0.2) is 0 Å². The van der Waals surface area contributed by atoms with Crippen LogP contribution in [0.5, 0.6) is 0 Å². The van der Waals surface area contributed by atoms with Gasteiger partial charge in [0.05, 0.1) is 0 Å². The zero-order chi connectivity index (χ0) is 16.6. The number of carboxylic acid groups (broad SMARTS) is 2. The number of carbonyl (C=O) groups is 3. The summed E-state index contributed by atoms with van der Waals surface area (Å²) in [5.41, 5.74) is 0.118. The fourth-order valence-corrected chi connectivity index (χ4v) is 2.40. The zero-order valence-electron chi connectivity index (χ0n) is 13.3. The van der Waals surface area contributed by atoms with Crippen molar-refractivity contribution >= 4 is 17.8 Å². The lowest BCUT2D eigenvalue weighted by Gasteiger charge is -2.23. The minimum atomic E-state index is -1.13. The van der Waals surface area contributed by atoms with E-state index in [2.05, 4.69) is 26.1 Å². The first-order chi connectivity index (χ1) is 9.51. The number of carboxylic acids is 2. The molecule has 122 valence electrons. The number of hydrogen-bond acceptors (Lipinski definition) is 3.